The van der Waals surface area contributed by atoms with Crippen molar-refractivity contribution in [2.45, 2.75) is 173 Å². The lowest BCUT2D eigenvalue weighted by atomic mass is 10.1. The molecular weight excluding hydrogens is 921 g/mol. The summed E-state index contributed by atoms with van der Waals surface area (Å²) in [5.41, 5.74) is 0.700. The molecular formula is C45H76N18O8. The standard InChI is InChI=1S/C7H11NO2.C6H11N3.2C6H10N2O.C6H9NO2.C5H9N3.C5H8N2O2.C4H8N4/c1-4(2)6-5(3)10-8-7(6)9;1-5(2)6-7-4-8-9(6)3;1-4(2)6-8-7-5(3)9-6;1-4(2)6-7-5(3)8-9-6;1-4(2)5-3-6(8)7-9-5;1-4(2)5-6-3-7-8-5;1-3(2)4-5(8)7-9-6-4;1-3(2)4-5-7-8-6-4/h4H,1-3H3,(H,8,9);4-5H,1-3H3;2*4H,1-3H3;3-4H,1-2H3,(H,7,8);4H,3H2,1-2H3;3H,1-2H3,(H,7,8);3H,1-2H3,(H,5,6,7,8). The predicted octanol–water partition coefficient (Wildman–Crippen LogP) is 8.71. The Bertz CT molecular complexity index is 2650. The second kappa shape index (κ2) is 31.8. The maximum absolute atomic E-state index is 10.9. The number of rotatable bonds is 8. The van der Waals surface area contributed by atoms with E-state index in [0.29, 0.717) is 77.0 Å². The van der Waals surface area contributed by atoms with Crippen LogP contribution in [-0.2, 0) is 7.05 Å². The zero-order chi connectivity index (χ0) is 54.0. The van der Waals surface area contributed by atoms with E-state index in [4.69, 9.17) is 18.0 Å². The molecule has 0 amide bonds. The van der Waals surface area contributed by atoms with Crippen LogP contribution in [0.3, 0.4) is 0 Å². The van der Waals surface area contributed by atoms with Crippen molar-refractivity contribution in [2.75, 3.05) is 6.67 Å². The Morgan fingerprint density at radius 3 is 1.55 bits per heavy atom. The average molecular weight is 997 g/mol. The van der Waals surface area contributed by atoms with Crippen LogP contribution in [0.25, 0.3) is 0 Å². The van der Waals surface area contributed by atoms with Gasteiger partial charge in [0, 0.05) is 61.5 Å². The van der Waals surface area contributed by atoms with Crippen LogP contribution in [0.1, 0.15) is 210 Å². The normalized spacial score (nSPS) is 11.4. The van der Waals surface area contributed by atoms with Gasteiger partial charge in [-0.3, -0.25) is 23.7 Å². The minimum absolute atomic E-state index is 0.104. The molecule has 0 saturated carbocycles. The fourth-order valence-corrected chi connectivity index (χ4v) is 5.09. The highest BCUT2D eigenvalue weighted by Gasteiger charge is 2.12. The number of aromatic amines is 4. The number of aliphatic imine (C=N–C) groups is 1. The smallest absolute Gasteiger partial charge is 0.304 e. The zero-order valence-corrected chi connectivity index (χ0v) is 45.0. The van der Waals surface area contributed by atoms with Gasteiger partial charge in [-0.2, -0.15) is 35.9 Å². The maximum Gasteiger partial charge on any atom is 0.304 e. The largest absolute Gasteiger partial charge is 0.425 e. The molecule has 26 heteroatoms. The van der Waals surface area contributed by atoms with Gasteiger partial charge >= 0.3 is 5.56 Å². The van der Waals surface area contributed by atoms with Crippen molar-refractivity contribution < 1.29 is 22.6 Å². The highest BCUT2D eigenvalue weighted by atomic mass is 16.6. The minimum Gasteiger partial charge on any atom is -0.425 e. The van der Waals surface area contributed by atoms with Crippen molar-refractivity contribution in [2.24, 2.45) is 28.2 Å². The molecule has 0 aliphatic carbocycles. The lowest BCUT2D eigenvalue weighted by Crippen LogP contribution is -2.07. The number of nitrogens with one attached hydrogen (secondary N) is 4. The van der Waals surface area contributed by atoms with Crippen molar-refractivity contribution in [3.8, 4) is 0 Å². The number of hydrogen-bond donors (Lipinski definition) is 4. The van der Waals surface area contributed by atoms with Gasteiger partial charge in [0.25, 0.3) is 11.1 Å². The predicted molar refractivity (Wildman–Crippen MR) is 264 cm³/mol. The number of nitrogens with zero attached hydrogens (tertiary/aromatic N) is 14. The fourth-order valence-electron chi connectivity index (χ4n) is 5.09. The van der Waals surface area contributed by atoms with E-state index < -0.39 is 0 Å². The van der Waals surface area contributed by atoms with Gasteiger partial charge in [0.2, 0.25) is 17.7 Å². The van der Waals surface area contributed by atoms with Crippen molar-refractivity contribution in [3.63, 3.8) is 0 Å². The Balaban J connectivity index is 0.000000406. The number of tetrazole rings is 1. The number of hydrogen-bond acceptors (Lipinski definition) is 21. The Kier molecular flexibility index (Phi) is 27.6. The van der Waals surface area contributed by atoms with Crippen LogP contribution in [0.5, 0.6) is 0 Å². The molecule has 0 aromatic carbocycles. The van der Waals surface area contributed by atoms with Crippen LogP contribution in [0, 0.1) is 26.7 Å². The van der Waals surface area contributed by atoms with Gasteiger partial charge in [0.1, 0.15) is 29.5 Å². The van der Waals surface area contributed by atoms with Crippen LogP contribution in [0.2, 0.25) is 0 Å². The molecule has 1 aliphatic rings. The topological polar surface area (TPSA) is 351 Å². The molecule has 0 fully saturated rings. The third kappa shape index (κ3) is 23.7. The summed E-state index contributed by atoms with van der Waals surface area (Å²) in [4.78, 5) is 44.1. The van der Waals surface area contributed by atoms with Crippen LogP contribution in [-0.4, -0.2) is 88.9 Å². The molecule has 0 unspecified atom stereocenters. The molecule has 26 nitrogen and oxygen atoms in total. The third-order valence-electron chi connectivity index (χ3n) is 8.87. The lowest BCUT2D eigenvalue weighted by Gasteiger charge is -2.00. The number of azo groups is 1. The van der Waals surface area contributed by atoms with Crippen molar-refractivity contribution in [1.29, 1.82) is 0 Å². The summed E-state index contributed by atoms with van der Waals surface area (Å²) in [5, 5.41) is 46.0. The second-order valence-corrected chi connectivity index (χ2v) is 18.1. The van der Waals surface area contributed by atoms with Gasteiger partial charge in [-0.25, -0.2) is 9.98 Å². The maximum atomic E-state index is 10.9. The molecule has 0 atom stereocenters. The van der Waals surface area contributed by atoms with E-state index in [-0.39, 0.29) is 34.4 Å². The first kappa shape index (κ1) is 61.7. The monoisotopic (exact) mass is 997 g/mol. The average Bonchev–Trinajstić information content (AvgIpc) is 4.14. The number of aromatic nitrogens is 15. The van der Waals surface area contributed by atoms with E-state index in [1.54, 1.807) is 24.9 Å². The van der Waals surface area contributed by atoms with Crippen molar-refractivity contribution in [1.82, 2.24) is 76.4 Å². The lowest BCUT2D eigenvalue weighted by molar-refractivity contribution is 0.299. The first-order valence-corrected chi connectivity index (χ1v) is 23.3. The van der Waals surface area contributed by atoms with E-state index in [0.717, 1.165) is 23.0 Å². The highest BCUT2D eigenvalue weighted by molar-refractivity contribution is 5.85. The highest BCUT2D eigenvalue weighted by Crippen LogP contribution is 2.14. The Hall–Kier alpha value is -7.28. The van der Waals surface area contributed by atoms with E-state index in [1.807, 2.05) is 97.1 Å². The van der Waals surface area contributed by atoms with Crippen LogP contribution in [0.4, 0.5) is 0 Å². The van der Waals surface area contributed by atoms with E-state index in [9.17, 15) is 14.4 Å². The van der Waals surface area contributed by atoms with Gasteiger partial charge in [0.05, 0.1) is 5.56 Å². The van der Waals surface area contributed by atoms with Crippen molar-refractivity contribution in [3.05, 3.63) is 101 Å². The zero-order valence-electron chi connectivity index (χ0n) is 45.0. The molecule has 7 aromatic heterocycles. The summed E-state index contributed by atoms with van der Waals surface area (Å²) in [6, 6.07) is 1.46. The van der Waals surface area contributed by atoms with Crippen LogP contribution < -0.4 is 16.7 Å². The summed E-state index contributed by atoms with van der Waals surface area (Å²) >= 11 is 0. The van der Waals surface area contributed by atoms with E-state index >= 15 is 0 Å². The molecule has 0 saturated heterocycles. The molecule has 0 bridgehead atoms. The van der Waals surface area contributed by atoms with Gasteiger partial charge in [-0.1, -0.05) is 126 Å². The number of aryl methyl sites for hydroxylation is 4. The summed E-state index contributed by atoms with van der Waals surface area (Å²) in [6.07, 6.45) is 1.58. The van der Waals surface area contributed by atoms with Gasteiger partial charge < -0.3 is 18.0 Å². The molecule has 0 radical (unpaired) electrons. The molecule has 394 valence electrons. The summed E-state index contributed by atoms with van der Waals surface area (Å²) in [5.74, 6) is 9.46. The van der Waals surface area contributed by atoms with Gasteiger partial charge in [0.15, 0.2) is 24.0 Å². The second-order valence-electron chi connectivity index (χ2n) is 18.1. The van der Waals surface area contributed by atoms with Crippen LogP contribution >= 0.6 is 0 Å². The minimum atomic E-state index is -0.231. The summed E-state index contributed by atoms with van der Waals surface area (Å²) in [7, 11) is 1.91. The van der Waals surface area contributed by atoms with Crippen molar-refractivity contribution >= 4 is 5.84 Å². The molecule has 8 rings (SSSR count). The van der Waals surface area contributed by atoms with E-state index in [1.165, 1.54) is 6.07 Å². The number of H-pyrrole nitrogens is 4. The molecule has 0 spiro atoms. The summed E-state index contributed by atoms with van der Waals surface area (Å²) < 4.78 is 25.7. The Morgan fingerprint density at radius 1 is 0.662 bits per heavy atom. The Labute approximate surface area is 413 Å². The third-order valence-corrected chi connectivity index (χ3v) is 8.87. The van der Waals surface area contributed by atoms with Gasteiger partial charge in [-0.15, -0.1) is 25.5 Å². The Morgan fingerprint density at radius 2 is 1.32 bits per heavy atom. The number of amidine groups is 1. The fraction of sp³-hybridized carbons (Fsp3) is 0.644. The quantitative estimate of drug-likeness (QED) is 0.110. The summed E-state index contributed by atoms with van der Waals surface area (Å²) in [6.45, 7) is 38.0. The van der Waals surface area contributed by atoms with E-state index in [2.05, 4.69) is 119 Å². The first-order valence-electron chi connectivity index (χ1n) is 23.3. The van der Waals surface area contributed by atoms with Gasteiger partial charge in [-0.05, 0) is 19.8 Å². The molecule has 71 heavy (non-hydrogen) atoms. The molecule has 4 N–H and O–H groups in total. The first-order chi connectivity index (χ1) is 33.3. The molecule has 8 heterocycles. The molecule has 7 aromatic rings. The SMILES string of the molecule is CC(C)C1=NCN=N1.CC(C)c1cc(=O)[nH]o1.CC(C)c1ncnn1C.CC(C)c1nn[nH]n1.CC(C)c1no[nH]c1=O.Cc1nnc(C(C)C)o1.Cc1noc(C(C)C)n1.Cc1o[nH]c(=O)c1C(C)C. The molecule has 1 aliphatic heterocycles. The van der Waals surface area contributed by atoms with Crippen LogP contribution in [0.15, 0.2) is 64.6 Å².